The summed E-state index contributed by atoms with van der Waals surface area (Å²) in [7, 11) is 0. The molecule has 1 unspecified atom stereocenters. The van der Waals surface area contributed by atoms with Crippen LogP contribution in [0.5, 0.6) is 0 Å². The largest absolute Gasteiger partial charge is 0.402 e. The van der Waals surface area contributed by atoms with Gasteiger partial charge in [0, 0.05) is 25.2 Å². The molecule has 0 aromatic rings. The molecule has 0 aromatic carbocycles. The number of rotatable bonds is 2. The maximum atomic E-state index is 5.95. The van der Waals surface area contributed by atoms with E-state index >= 15 is 0 Å². The van der Waals surface area contributed by atoms with Crippen molar-refractivity contribution < 1.29 is 4.74 Å². The second-order valence-corrected chi connectivity index (χ2v) is 3.89. The van der Waals surface area contributed by atoms with Gasteiger partial charge in [0.15, 0.2) is 0 Å². The van der Waals surface area contributed by atoms with Crippen molar-refractivity contribution in [1.29, 1.82) is 0 Å². The number of ether oxygens (including phenoxy) is 1. The van der Waals surface area contributed by atoms with Crippen LogP contribution in [0.1, 0.15) is 19.3 Å². The molecule has 3 nitrogen and oxygen atoms in total. The average molecular weight is 194 g/mol. The van der Waals surface area contributed by atoms with Crippen LogP contribution in [0.15, 0.2) is 23.4 Å². The zero-order valence-electron chi connectivity index (χ0n) is 8.46. The Morgan fingerprint density at radius 3 is 3.21 bits per heavy atom. The molecule has 1 atom stereocenters. The van der Waals surface area contributed by atoms with E-state index in [1.54, 1.807) is 0 Å². The molecular weight excluding hydrogens is 176 g/mol. The lowest BCUT2D eigenvalue weighted by molar-refractivity contribution is 0.0295. The van der Waals surface area contributed by atoms with E-state index < -0.39 is 0 Å². The van der Waals surface area contributed by atoms with Gasteiger partial charge in [0.05, 0.1) is 12.7 Å². The number of hydrogen-bond donors (Lipinski definition) is 2. The molecular formula is C11H18N2O. The summed E-state index contributed by atoms with van der Waals surface area (Å²) < 4.78 is 5.64. The van der Waals surface area contributed by atoms with Gasteiger partial charge in [0.1, 0.15) is 0 Å². The van der Waals surface area contributed by atoms with Crippen molar-refractivity contribution in [3.8, 4) is 0 Å². The lowest BCUT2D eigenvalue weighted by Crippen LogP contribution is -2.38. The Bertz CT molecular complexity index is 252. The third-order valence-corrected chi connectivity index (χ3v) is 2.76. The van der Waals surface area contributed by atoms with Crippen molar-refractivity contribution in [1.82, 2.24) is 5.32 Å². The molecule has 3 N–H and O–H groups in total. The first-order valence-corrected chi connectivity index (χ1v) is 5.32. The number of nitrogens with one attached hydrogen (secondary N) is 1. The fraction of sp³-hybridized carbons (Fsp3) is 0.636. The SMILES string of the molecule is NC1=C(CC2CNCCO2)C=CCC1. The maximum Gasteiger partial charge on any atom is 0.0741 e. The van der Waals surface area contributed by atoms with Gasteiger partial charge in [-0.05, 0) is 18.4 Å². The molecule has 3 heteroatoms. The van der Waals surface area contributed by atoms with Crippen molar-refractivity contribution in [3.05, 3.63) is 23.4 Å². The van der Waals surface area contributed by atoms with Crippen LogP contribution in [-0.4, -0.2) is 25.8 Å². The van der Waals surface area contributed by atoms with Gasteiger partial charge in [-0.25, -0.2) is 0 Å². The van der Waals surface area contributed by atoms with Gasteiger partial charge in [-0.2, -0.15) is 0 Å². The van der Waals surface area contributed by atoms with Crippen LogP contribution in [-0.2, 0) is 4.74 Å². The van der Waals surface area contributed by atoms with E-state index in [1.165, 1.54) is 5.57 Å². The van der Waals surface area contributed by atoms with Gasteiger partial charge < -0.3 is 15.8 Å². The second kappa shape index (κ2) is 4.62. The monoisotopic (exact) mass is 194 g/mol. The van der Waals surface area contributed by atoms with Crippen LogP contribution in [0, 0.1) is 0 Å². The number of morpholine rings is 1. The summed E-state index contributed by atoms with van der Waals surface area (Å²) in [5, 5.41) is 3.33. The van der Waals surface area contributed by atoms with E-state index in [0.717, 1.165) is 44.7 Å². The zero-order valence-corrected chi connectivity index (χ0v) is 8.46. The molecule has 14 heavy (non-hydrogen) atoms. The molecule has 0 spiro atoms. The first-order chi connectivity index (χ1) is 6.86. The highest BCUT2D eigenvalue weighted by Gasteiger charge is 2.16. The summed E-state index contributed by atoms with van der Waals surface area (Å²) in [4.78, 5) is 0. The third kappa shape index (κ3) is 2.36. The van der Waals surface area contributed by atoms with Crippen LogP contribution in [0.25, 0.3) is 0 Å². The third-order valence-electron chi connectivity index (χ3n) is 2.76. The minimum absolute atomic E-state index is 0.306. The van der Waals surface area contributed by atoms with E-state index in [-0.39, 0.29) is 0 Å². The summed E-state index contributed by atoms with van der Waals surface area (Å²) in [6.45, 7) is 2.74. The smallest absolute Gasteiger partial charge is 0.0741 e. The van der Waals surface area contributed by atoms with Gasteiger partial charge in [-0.15, -0.1) is 0 Å². The van der Waals surface area contributed by atoms with Crippen molar-refractivity contribution >= 4 is 0 Å². The Morgan fingerprint density at radius 2 is 2.50 bits per heavy atom. The minimum Gasteiger partial charge on any atom is -0.402 e. The average Bonchev–Trinajstić information content (AvgIpc) is 2.23. The van der Waals surface area contributed by atoms with Crippen LogP contribution < -0.4 is 11.1 Å². The van der Waals surface area contributed by atoms with E-state index in [2.05, 4.69) is 17.5 Å². The summed E-state index contributed by atoms with van der Waals surface area (Å²) >= 11 is 0. The molecule has 1 heterocycles. The first-order valence-electron chi connectivity index (χ1n) is 5.32. The van der Waals surface area contributed by atoms with Crippen molar-refractivity contribution in [3.63, 3.8) is 0 Å². The van der Waals surface area contributed by atoms with Crippen molar-refractivity contribution in [2.24, 2.45) is 5.73 Å². The Hall–Kier alpha value is -0.800. The molecule has 1 aliphatic heterocycles. The highest BCUT2D eigenvalue weighted by atomic mass is 16.5. The summed E-state index contributed by atoms with van der Waals surface area (Å²) in [6, 6.07) is 0. The predicted molar refractivity (Wildman–Crippen MR) is 56.8 cm³/mol. The highest BCUT2D eigenvalue weighted by Crippen LogP contribution is 2.20. The number of hydrogen-bond acceptors (Lipinski definition) is 3. The Morgan fingerprint density at radius 1 is 1.57 bits per heavy atom. The van der Waals surface area contributed by atoms with Gasteiger partial charge in [-0.3, -0.25) is 0 Å². The molecule has 0 amide bonds. The van der Waals surface area contributed by atoms with E-state index in [1.807, 2.05) is 0 Å². The molecule has 1 saturated heterocycles. The molecule has 0 saturated carbocycles. The molecule has 2 aliphatic rings. The van der Waals surface area contributed by atoms with E-state index in [9.17, 15) is 0 Å². The van der Waals surface area contributed by atoms with Crippen LogP contribution in [0.2, 0.25) is 0 Å². The highest BCUT2D eigenvalue weighted by molar-refractivity contribution is 5.28. The van der Waals surface area contributed by atoms with Gasteiger partial charge in [-0.1, -0.05) is 12.2 Å². The van der Waals surface area contributed by atoms with Crippen LogP contribution in [0.4, 0.5) is 0 Å². The van der Waals surface area contributed by atoms with E-state index in [0.29, 0.717) is 6.10 Å². The molecule has 2 rings (SSSR count). The van der Waals surface area contributed by atoms with Gasteiger partial charge in [0.25, 0.3) is 0 Å². The zero-order chi connectivity index (χ0) is 9.80. The van der Waals surface area contributed by atoms with E-state index in [4.69, 9.17) is 10.5 Å². The quantitative estimate of drug-likeness (QED) is 0.687. The fourth-order valence-electron chi connectivity index (χ4n) is 1.93. The molecule has 1 aliphatic carbocycles. The standard InChI is InChI=1S/C11H18N2O/c12-11-4-2-1-3-9(11)7-10-8-13-5-6-14-10/h1,3,10,13H,2,4-8,12H2. The Labute approximate surface area is 85.0 Å². The topological polar surface area (TPSA) is 47.3 Å². The molecule has 0 bridgehead atoms. The first kappa shape index (κ1) is 9.74. The molecule has 0 radical (unpaired) electrons. The van der Waals surface area contributed by atoms with Crippen LogP contribution >= 0.6 is 0 Å². The fourth-order valence-corrected chi connectivity index (χ4v) is 1.93. The lowest BCUT2D eigenvalue weighted by Gasteiger charge is -2.25. The van der Waals surface area contributed by atoms with Crippen LogP contribution in [0.3, 0.4) is 0 Å². The number of nitrogens with two attached hydrogens (primary N) is 1. The van der Waals surface area contributed by atoms with Crippen molar-refractivity contribution in [2.75, 3.05) is 19.7 Å². The summed E-state index contributed by atoms with van der Waals surface area (Å²) in [6.07, 6.45) is 7.69. The Kier molecular flexibility index (Phi) is 3.22. The minimum atomic E-state index is 0.306. The molecule has 0 aromatic heterocycles. The number of allylic oxidation sites excluding steroid dienone is 3. The second-order valence-electron chi connectivity index (χ2n) is 3.89. The predicted octanol–water partition coefficient (Wildman–Crippen LogP) is 0.928. The van der Waals surface area contributed by atoms with Gasteiger partial charge >= 0.3 is 0 Å². The summed E-state index contributed by atoms with van der Waals surface area (Å²) in [5.41, 5.74) is 8.26. The lowest BCUT2D eigenvalue weighted by atomic mass is 9.98. The molecule has 78 valence electrons. The Balaban J connectivity index is 1.92. The van der Waals surface area contributed by atoms with Crippen molar-refractivity contribution in [2.45, 2.75) is 25.4 Å². The maximum absolute atomic E-state index is 5.95. The molecule has 1 fully saturated rings. The normalized spacial score (nSPS) is 28.1. The van der Waals surface area contributed by atoms with Gasteiger partial charge in [0.2, 0.25) is 0 Å². The summed E-state index contributed by atoms with van der Waals surface area (Å²) in [5.74, 6) is 0.